The molecule has 0 atom stereocenters. The normalized spacial score (nSPS) is 14.4. The van der Waals surface area contributed by atoms with Gasteiger partial charge in [-0.25, -0.2) is 0 Å². The first-order valence-electron chi connectivity index (χ1n) is 9.57. The Bertz CT molecular complexity index is 775. The lowest BCUT2D eigenvalue weighted by Crippen LogP contribution is -2.21. The summed E-state index contributed by atoms with van der Waals surface area (Å²) in [5.74, 6) is 0. The molecule has 0 saturated heterocycles. The summed E-state index contributed by atoms with van der Waals surface area (Å²) < 4.78 is 1.51. The number of hydrogen-bond donors (Lipinski definition) is 0. The second-order valence-corrected chi connectivity index (χ2v) is 12.7. The zero-order chi connectivity index (χ0) is 19.6. The Kier molecular flexibility index (Phi) is 4.79. The van der Waals surface area contributed by atoms with E-state index in [1.165, 1.54) is 21.2 Å². The molecule has 0 aliphatic rings. The quantitative estimate of drug-likeness (QED) is 0.446. The molecule has 1 heteroatoms. The fourth-order valence-corrected chi connectivity index (χ4v) is 5.48. The smallest absolute Gasteiger partial charge is 0.0389 e. The van der Waals surface area contributed by atoms with Crippen molar-refractivity contribution in [2.45, 2.75) is 105 Å². The molecular weight excluding hydrogens is 320 g/mol. The first kappa shape index (κ1) is 20.5. The average molecular weight is 359 g/mol. The maximum Gasteiger partial charge on any atom is 0.0389 e. The fraction of sp³-hybridized carbons (Fsp3) is 0.667. The first-order valence-corrected chi connectivity index (χ1v) is 10.4. The minimum Gasteiger partial charge on any atom is -0.139 e. The van der Waals surface area contributed by atoms with Crippen molar-refractivity contribution < 1.29 is 0 Å². The van der Waals surface area contributed by atoms with Crippen molar-refractivity contribution in [3.63, 3.8) is 0 Å². The van der Waals surface area contributed by atoms with Gasteiger partial charge in [0.05, 0.1) is 0 Å². The van der Waals surface area contributed by atoms with Crippen LogP contribution < -0.4 is 0 Å². The molecular formula is C24H38S. The van der Waals surface area contributed by atoms with Crippen LogP contribution in [0.5, 0.6) is 0 Å². The topological polar surface area (TPSA) is 0 Å². The van der Waals surface area contributed by atoms with Gasteiger partial charge in [0.1, 0.15) is 0 Å². The first-order chi connectivity index (χ1) is 11.0. The van der Waals surface area contributed by atoms with Gasteiger partial charge in [-0.05, 0) is 38.4 Å². The number of benzene rings is 1. The van der Waals surface area contributed by atoms with E-state index in [4.69, 9.17) is 0 Å². The second-order valence-electron chi connectivity index (χ2n) is 11.7. The van der Waals surface area contributed by atoms with Crippen molar-refractivity contribution in [1.82, 2.24) is 0 Å². The monoisotopic (exact) mass is 358 g/mol. The lowest BCUT2D eigenvalue weighted by molar-refractivity contribution is 0.542. The van der Waals surface area contributed by atoms with E-state index >= 15 is 0 Å². The Hall–Kier alpha value is -0.820. The van der Waals surface area contributed by atoms with Gasteiger partial charge in [-0.1, -0.05) is 95.2 Å². The molecule has 0 unspecified atom stereocenters. The summed E-state index contributed by atoms with van der Waals surface area (Å²) in [7, 11) is 0. The molecule has 0 aliphatic heterocycles. The molecule has 0 saturated carbocycles. The molecule has 1 aromatic carbocycles. The van der Waals surface area contributed by atoms with Crippen LogP contribution in [0.2, 0.25) is 0 Å². The zero-order valence-corrected chi connectivity index (χ0v) is 19.4. The van der Waals surface area contributed by atoms with Crippen LogP contribution in [0.1, 0.15) is 105 Å². The molecule has 0 aliphatic carbocycles. The van der Waals surface area contributed by atoms with Gasteiger partial charge in [0.25, 0.3) is 0 Å². The molecule has 140 valence electrons. The van der Waals surface area contributed by atoms with Crippen molar-refractivity contribution >= 4 is 21.4 Å². The van der Waals surface area contributed by atoms with Crippen molar-refractivity contribution in [1.29, 1.82) is 0 Å². The third-order valence-electron chi connectivity index (χ3n) is 4.89. The van der Waals surface area contributed by atoms with Gasteiger partial charge in [0.2, 0.25) is 0 Å². The Labute approximate surface area is 160 Å². The van der Waals surface area contributed by atoms with Crippen LogP contribution >= 0.6 is 11.3 Å². The van der Waals surface area contributed by atoms with Crippen LogP contribution in [-0.2, 0) is 21.7 Å². The SMILES string of the molecule is CC(C)(C)c1sc2c(C(C)(C)C)ccc(C(C)(C)C)c2c1C(C)(C)C. The molecule has 0 fully saturated rings. The molecule has 0 N–H and O–H groups in total. The third kappa shape index (κ3) is 3.82. The standard InChI is InChI=1S/C24H38S/c1-21(2,3)15-13-14-16(22(4,5)6)19-17(15)18(23(7,8)9)20(25-19)24(10,11)12/h13-14H,1-12H3. The van der Waals surface area contributed by atoms with E-state index in [0.29, 0.717) is 0 Å². The highest BCUT2D eigenvalue weighted by atomic mass is 32.1. The second kappa shape index (κ2) is 5.84. The Balaban J connectivity index is 3.14. The lowest BCUT2D eigenvalue weighted by Gasteiger charge is -2.30. The molecule has 0 bridgehead atoms. The van der Waals surface area contributed by atoms with Crippen LogP contribution in [0.3, 0.4) is 0 Å². The molecule has 25 heavy (non-hydrogen) atoms. The van der Waals surface area contributed by atoms with Crippen LogP contribution in [-0.4, -0.2) is 0 Å². The summed E-state index contributed by atoms with van der Waals surface area (Å²) in [5, 5.41) is 1.53. The minimum absolute atomic E-state index is 0.136. The zero-order valence-electron chi connectivity index (χ0n) is 18.6. The number of thiophene rings is 1. The van der Waals surface area contributed by atoms with Gasteiger partial charge < -0.3 is 0 Å². The third-order valence-corrected chi connectivity index (χ3v) is 6.53. The highest BCUT2D eigenvalue weighted by molar-refractivity contribution is 7.19. The van der Waals surface area contributed by atoms with Gasteiger partial charge in [0.15, 0.2) is 0 Å². The van der Waals surface area contributed by atoms with Gasteiger partial charge in [0, 0.05) is 15.0 Å². The van der Waals surface area contributed by atoms with Crippen molar-refractivity contribution in [3.8, 4) is 0 Å². The summed E-state index contributed by atoms with van der Waals surface area (Å²) in [6, 6.07) is 4.79. The number of fused-ring (bicyclic) bond motifs is 1. The van der Waals surface area contributed by atoms with Gasteiger partial charge in [-0.2, -0.15) is 0 Å². The van der Waals surface area contributed by atoms with Gasteiger partial charge >= 0.3 is 0 Å². The van der Waals surface area contributed by atoms with Gasteiger partial charge in [-0.3, -0.25) is 0 Å². The Morgan fingerprint density at radius 1 is 0.560 bits per heavy atom. The molecule has 0 radical (unpaired) electrons. The van der Waals surface area contributed by atoms with Crippen LogP contribution in [0.15, 0.2) is 12.1 Å². The highest BCUT2D eigenvalue weighted by Crippen LogP contribution is 2.50. The fourth-order valence-electron chi connectivity index (χ4n) is 3.66. The summed E-state index contributed by atoms with van der Waals surface area (Å²) in [6.07, 6.45) is 0. The molecule has 1 heterocycles. The molecule has 0 spiro atoms. The van der Waals surface area contributed by atoms with E-state index < -0.39 is 0 Å². The van der Waals surface area contributed by atoms with Crippen molar-refractivity contribution in [2.75, 3.05) is 0 Å². The molecule has 0 amide bonds. The summed E-state index contributed by atoms with van der Waals surface area (Å²) >= 11 is 2.04. The minimum atomic E-state index is 0.136. The van der Waals surface area contributed by atoms with E-state index in [9.17, 15) is 0 Å². The molecule has 1 aromatic heterocycles. The predicted octanol–water partition coefficient (Wildman–Crippen LogP) is 8.09. The summed E-state index contributed by atoms with van der Waals surface area (Å²) in [4.78, 5) is 1.55. The predicted molar refractivity (Wildman–Crippen MR) is 117 cm³/mol. The molecule has 0 nitrogen and oxygen atoms in total. The maximum atomic E-state index is 2.40. The van der Waals surface area contributed by atoms with Crippen LogP contribution in [0.25, 0.3) is 10.1 Å². The van der Waals surface area contributed by atoms with Crippen molar-refractivity contribution in [2.24, 2.45) is 0 Å². The summed E-state index contributed by atoms with van der Waals surface area (Å²) in [6.45, 7) is 28.3. The van der Waals surface area contributed by atoms with E-state index in [0.717, 1.165) is 0 Å². The Morgan fingerprint density at radius 3 is 1.36 bits per heavy atom. The van der Waals surface area contributed by atoms with E-state index in [1.807, 2.05) is 11.3 Å². The van der Waals surface area contributed by atoms with Crippen molar-refractivity contribution in [3.05, 3.63) is 33.7 Å². The highest BCUT2D eigenvalue weighted by Gasteiger charge is 2.34. The molecule has 2 rings (SSSR count). The van der Waals surface area contributed by atoms with E-state index in [-0.39, 0.29) is 21.7 Å². The number of rotatable bonds is 0. The van der Waals surface area contributed by atoms with Gasteiger partial charge in [-0.15, -0.1) is 11.3 Å². The largest absolute Gasteiger partial charge is 0.139 e. The van der Waals surface area contributed by atoms with E-state index in [1.54, 1.807) is 10.4 Å². The average Bonchev–Trinajstić information content (AvgIpc) is 2.74. The number of hydrogen-bond acceptors (Lipinski definition) is 1. The van der Waals surface area contributed by atoms with Crippen LogP contribution in [0, 0.1) is 0 Å². The lowest BCUT2D eigenvalue weighted by atomic mass is 9.74. The van der Waals surface area contributed by atoms with Crippen LogP contribution in [0.4, 0.5) is 0 Å². The maximum absolute atomic E-state index is 2.40. The molecule has 2 aromatic rings. The summed E-state index contributed by atoms with van der Waals surface area (Å²) in [5.41, 5.74) is 5.15. The Morgan fingerprint density at radius 2 is 1.00 bits per heavy atom. The van der Waals surface area contributed by atoms with E-state index in [2.05, 4.69) is 95.2 Å².